The maximum absolute atomic E-state index is 12.5. The number of hydrogen-bond donors (Lipinski definition) is 3. The lowest BCUT2D eigenvalue weighted by molar-refractivity contribution is -0.138. The van der Waals surface area contributed by atoms with Gasteiger partial charge < -0.3 is 15.4 Å². The van der Waals surface area contributed by atoms with Crippen LogP contribution in [0.4, 0.5) is 5.69 Å². The second kappa shape index (κ2) is 12.2. The fraction of sp³-hybridized carbons (Fsp3) is 0.310. The number of nitrogens with two attached hydrogens (primary N) is 1. The third kappa shape index (κ3) is 8.16. The van der Waals surface area contributed by atoms with Gasteiger partial charge in [0.15, 0.2) is 0 Å². The summed E-state index contributed by atoms with van der Waals surface area (Å²) in [5.41, 5.74) is 9.56. The van der Waals surface area contributed by atoms with Gasteiger partial charge in [-0.2, -0.15) is 0 Å². The Morgan fingerprint density at radius 1 is 1.00 bits per heavy atom. The molecule has 0 amide bonds. The molecule has 9 heteroatoms. The summed E-state index contributed by atoms with van der Waals surface area (Å²) in [7, 11) is -2.21. The molecule has 0 unspecified atom stereocenters. The van der Waals surface area contributed by atoms with Gasteiger partial charge in [-0.15, -0.1) is 0 Å². The Morgan fingerprint density at radius 3 is 2.16 bits per heavy atom. The predicted octanol–water partition coefficient (Wildman–Crippen LogP) is 4.33. The number of amidine groups is 1. The zero-order chi connectivity index (χ0) is 27.9. The fourth-order valence-corrected chi connectivity index (χ4v) is 5.43. The van der Waals surface area contributed by atoms with Gasteiger partial charge >= 0.3 is 5.97 Å². The summed E-state index contributed by atoms with van der Waals surface area (Å²) >= 11 is 0. The van der Waals surface area contributed by atoms with E-state index in [1.165, 1.54) is 7.11 Å². The van der Waals surface area contributed by atoms with Crippen molar-refractivity contribution in [3.8, 4) is 11.1 Å². The Hall–Kier alpha value is -3.69. The summed E-state index contributed by atoms with van der Waals surface area (Å²) in [4.78, 5) is 14.2. The van der Waals surface area contributed by atoms with Gasteiger partial charge in [0.05, 0.1) is 12.0 Å². The van der Waals surface area contributed by atoms with E-state index in [1.807, 2.05) is 62.1 Å². The van der Waals surface area contributed by atoms with Gasteiger partial charge in [0.25, 0.3) is 0 Å². The average molecular weight is 537 g/mol. The number of anilines is 1. The molecule has 4 N–H and O–H groups in total. The number of nitrogens with zero attached hydrogens (tertiary/aromatic N) is 1. The highest BCUT2D eigenvalue weighted by Gasteiger charge is 2.21. The van der Waals surface area contributed by atoms with Crippen LogP contribution in [0, 0.1) is 5.41 Å². The van der Waals surface area contributed by atoms with Crippen molar-refractivity contribution in [3.63, 3.8) is 0 Å². The van der Waals surface area contributed by atoms with E-state index < -0.39 is 15.6 Å². The summed E-state index contributed by atoms with van der Waals surface area (Å²) in [5.74, 6) is -0.363. The molecule has 0 spiro atoms. The normalized spacial score (nSPS) is 11.7. The second-order valence-corrected chi connectivity index (χ2v) is 11.8. The van der Waals surface area contributed by atoms with Crippen LogP contribution in [0.1, 0.15) is 38.3 Å². The monoisotopic (exact) mass is 536 g/mol. The molecule has 0 atom stereocenters. The van der Waals surface area contributed by atoms with Crippen molar-refractivity contribution in [1.29, 1.82) is 5.41 Å². The maximum atomic E-state index is 12.5. The number of benzene rings is 3. The van der Waals surface area contributed by atoms with E-state index in [0.29, 0.717) is 12.1 Å². The predicted molar refractivity (Wildman–Crippen MR) is 152 cm³/mol. The summed E-state index contributed by atoms with van der Waals surface area (Å²) < 4.78 is 32.6. The molecule has 0 saturated heterocycles. The zero-order valence-electron chi connectivity index (χ0n) is 22.3. The van der Waals surface area contributed by atoms with Crippen LogP contribution in [-0.4, -0.2) is 46.0 Å². The molecule has 0 aromatic heterocycles. The molecule has 0 aliphatic carbocycles. The Labute approximate surface area is 225 Å². The minimum atomic E-state index is -3.58. The number of ether oxygens (including phenoxy) is 1. The molecular weight excluding hydrogens is 500 g/mol. The van der Waals surface area contributed by atoms with Crippen molar-refractivity contribution < 1.29 is 17.9 Å². The molecule has 0 radical (unpaired) electrons. The van der Waals surface area contributed by atoms with E-state index >= 15 is 0 Å². The molecule has 0 heterocycles. The Balaban J connectivity index is 1.65. The topological polar surface area (TPSA) is 126 Å². The minimum Gasteiger partial charge on any atom is -0.468 e. The number of carbonyl (C=O) groups excluding carboxylic acids is 1. The molecule has 202 valence electrons. The third-order valence-corrected chi connectivity index (χ3v) is 7.63. The fourth-order valence-electron chi connectivity index (χ4n) is 4.02. The minimum absolute atomic E-state index is 0.0252. The third-order valence-electron chi connectivity index (χ3n) is 5.86. The molecule has 0 aliphatic rings. The van der Waals surface area contributed by atoms with Crippen LogP contribution in [0.2, 0.25) is 0 Å². The van der Waals surface area contributed by atoms with Crippen LogP contribution >= 0.6 is 0 Å². The summed E-state index contributed by atoms with van der Waals surface area (Å²) in [6, 6.07) is 22.3. The van der Waals surface area contributed by atoms with Crippen molar-refractivity contribution in [2.75, 3.05) is 25.1 Å². The van der Waals surface area contributed by atoms with Gasteiger partial charge in [-0.3, -0.25) is 10.2 Å². The summed E-state index contributed by atoms with van der Waals surface area (Å²) in [6.07, 6.45) is 1.61. The first-order valence-corrected chi connectivity index (χ1v) is 13.9. The van der Waals surface area contributed by atoms with Gasteiger partial charge in [-0.25, -0.2) is 13.1 Å². The number of esters is 1. The van der Waals surface area contributed by atoms with Crippen LogP contribution < -0.4 is 15.4 Å². The van der Waals surface area contributed by atoms with E-state index in [0.717, 1.165) is 35.2 Å². The first-order valence-electron chi connectivity index (χ1n) is 12.4. The number of nitrogen functional groups attached to an aromatic ring is 1. The van der Waals surface area contributed by atoms with Crippen molar-refractivity contribution in [1.82, 2.24) is 4.72 Å². The number of sulfonamides is 1. The highest BCUT2D eigenvalue weighted by Crippen LogP contribution is 2.23. The first-order chi connectivity index (χ1) is 17.9. The molecule has 38 heavy (non-hydrogen) atoms. The zero-order valence-corrected chi connectivity index (χ0v) is 23.1. The molecule has 0 fully saturated rings. The lowest BCUT2D eigenvalue weighted by Gasteiger charge is -2.24. The van der Waals surface area contributed by atoms with Crippen molar-refractivity contribution in [2.24, 2.45) is 5.73 Å². The molecule has 8 nitrogen and oxygen atoms in total. The van der Waals surface area contributed by atoms with Gasteiger partial charge in [0.2, 0.25) is 10.0 Å². The highest BCUT2D eigenvalue weighted by molar-refractivity contribution is 7.89. The van der Waals surface area contributed by atoms with Crippen molar-refractivity contribution in [3.05, 3.63) is 83.9 Å². The van der Waals surface area contributed by atoms with Gasteiger partial charge in [0.1, 0.15) is 12.4 Å². The SMILES string of the molecule is COC(=O)CN(CCCc1ccc(-c2ccc(S(=O)(=O)NC(C)(C)C)cc2)cc1)c1cccc(C(=N)N)c1. The second-order valence-electron chi connectivity index (χ2n) is 10.1. The van der Waals surface area contributed by atoms with E-state index in [4.69, 9.17) is 15.9 Å². The van der Waals surface area contributed by atoms with E-state index in [9.17, 15) is 13.2 Å². The summed E-state index contributed by atoms with van der Waals surface area (Å²) in [6.45, 7) is 6.15. The first kappa shape index (κ1) is 28.9. The molecular formula is C29H36N4O4S. The van der Waals surface area contributed by atoms with Crippen LogP contribution in [0.3, 0.4) is 0 Å². The van der Waals surface area contributed by atoms with Crippen molar-refractivity contribution in [2.45, 2.75) is 44.0 Å². The van der Waals surface area contributed by atoms with Crippen LogP contribution in [0.15, 0.2) is 77.7 Å². The van der Waals surface area contributed by atoms with Gasteiger partial charge in [-0.1, -0.05) is 48.5 Å². The van der Waals surface area contributed by atoms with Gasteiger partial charge in [0, 0.05) is 23.3 Å². The van der Waals surface area contributed by atoms with E-state index in [2.05, 4.69) is 16.9 Å². The maximum Gasteiger partial charge on any atom is 0.325 e. The number of nitrogens with one attached hydrogen (secondary N) is 2. The van der Waals surface area contributed by atoms with Crippen LogP contribution in [0.5, 0.6) is 0 Å². The number of rotatable bonds is 11. The van der Waals surface area contributed by atoms with E-state index in [-0.39, 0.29) is 23.2 Å². The van der Waals surface area contributed by atoms with Crippen LogP contribution in [-0.2, 0) is 26.0 Å². The lowest BCUT2D eigenvalue weighted by atomic mass is 10.0. The van der Waals surface area contributed by atoms with Gasteiger partial charge in [-0.05, 0) is 74.6 Å². The van der Waals surface area contributed by atoms with Crippen molar-refractivity contribution >= 4 is 27.5 Å². The highest BCUT2D eigenvalue weighted by atomic mass is 32.2. The average Bonchev–Trinajstić information content (AvgIpc) is 2.87. The standard InChI is InChI=1S/C29H36N4O4S/c1-29(2,3)32-38(35,36)26-16-14-23(15-17-26)22-12-10-21(11-13-22)7-6-18-33(20-27(34)37-4)25-9-5-8-24(19-25)28(30)31/h5,8-17,19,32H,6-7,18,20H2,1-4H3,(H3,30,31). The number of carbonyl (C=O) groups is 1. The van der Waals surface area contributed by atoms with Crippen LogP contribution in [0.25, 0.3) is 11.1 Å². The summed E-state index contributed by atoms with van der Waals surface area (Å²) in [5, 5.41) is 7.69. The number of methoxy groups -OCH3 is 1. The molecule has 3 aromatic rings. The molecule has 3 rings (SSSR count). The largest absolute Gasteiger partial charge is 0.468 e. The smallest absolute Gasteiger partial charge is 0.325 e. The molecule has 0 saturated carbocycles. The quantitative estimate of drug-likeness (QED) is 0.190. The lowest BCUT2D eigenvalue weighted by Crippen LogP contribution is -2.40. The molecule has 0 bridgehead atoms. The molecule has 0 aliphatic heterocycles. The Morgan fingerprint density at radius 2 is 1.61 bits per heavy atom. The Bertz CT molecular complexity index is 1360. The molecule has 3 aromatic carbocycles. The number of hydrogen-bond acceptors (Lipinski definition) is 6. The van der Waals surface area contributed by atoms with E-state index in [1.54, 1.807) is 24.3 Å². The Kier molecular flexibility index (Phi) is 9.30. The number of aryl methyl sites for hydroxylation is 1.